The van der Waals surface area contributed by atoms with Gasteiger partial charge < -0.3 is 19.5 Å². The Balaban J connectivity index is 0.00000243. The van der Waals surface area contributed by atoms with E-state index in [-0.39, 0.29) is 24.0 Å². The Bertz CT molecular complexity index is 662. The van der Waals surface area contributed by atoms with E-state index in [1.165, 1.54) is 0 Å². The number of piperidine rings is 1. The molecule has 2 unspecified atom stereocenters. The van der Waals surface area contributed by atoms with Crippen LogP contribution in [0.4, 0.5) is 0 Å². The highest BCUT2D eigenvalue weighted by atomic mass is 127. The van der Waals surface area contributed by atoms with Crippen LogP contribution in [0, 0.1) is 5.92 Å². The summed E-state index contributed by atoms with van der Waals surface area (Å²) in [5, 5.41) is 3.42. The van der Waals surface area contributed by atoms with Gasteiger partial charge in [0.15, 0.2) is 5.96 Å². The number of likely N-dealkylation sites (tertiary alicyclic amines) is 1. The first kappa shape index (κ1) is 20.5. The van der Waals surface area contributed by atoms with E-state index in [0.717, 1.165) is 37.8 Å². The lowest BCUT2D eigenvalue weighted by molar-refractivity contribution is 0.188. The molecule has 6 nitrogen and oxygen atoms in total. The van der Waals surface area contributed by atoms with Crippen molar-refractivity contribution in [2.24, 2.45) is 10.9 Å². The van der Waals surface area contributed by atoms with Gasteiger partial charge in [0.2, 0.25) is 0 Å². The first-order valence-electron chi connectivity index (χ1n) is 8.89. The van der Waals surface area contributed by atoms with Crippen LogP contribution in [-0.4, -0.2) is 53.7 Å². The third-order valence-corrected chi connectivity index (χ3v) is 4.73. The summed E-state index contributed by atoms with van der Waals surface area (Å²) in [7, 11) is 1.84. The first-order valence-corrected chi connectivity index (χ1v) is 8.89. The van der Waals surface area contributed by atoms with Crippen molar-refractivity contribution in [3.05, 3.63) is 49.1 Å². The van der Waals surface area contributed by atoms with Gasteiger partial charge in [-0.15, -0.1) is 24.0 Å². The van der Waals surface area contributed by atoms with Crippen LogP contribution in [0.2, 0.25) is 0 Å². The Morgan fingerprint density at radius 2 is 2.15 bits per heavy atom. The molecule has 2 atom stereocenters. The van der Waals surface area contributed by atoms with Gasteiger partial charge in [0, 0.05) is 32.5 Å². The van der Waals surface area contributed by atoms with Gasteiger partial charge in [-0.1, -0.05) is 25.1 Å². The Labute approximate surface area is 172 Å². The van der Waals surface area contributed by atoms with Crippen molar-refractivity contribution in [3.63, 3.8) is 0 Å². The first-order chi connectivity index (χ1) is 12.3. The van der Waals surface area contributed by atoms with Crippen LogP contribution < -0.4 is 10.1 Å². The molecule has 1 aliphatic rings. The number of nitrogens with zero attached hydrogens (tertiary/aromatic N) is 4. The van der Waals surface area contributed by atoms with E-state index in [1.807, 2.05) is 49.9 Å². The zero-order valence-corrected chi connectivity index (χ0v) is 17.7. The zero-order valence-electron chi connectivity index (χ0n) is 15.4. The Morgan fingerprint density at radius 1 is 1.35 bits per heavy atom. The lowest BCUT2D eigenvalue weighted by Gasteiger charge is -2.39. The molecule has 0 spiro atoms. The quantitative estimate of drug-likeness (QED) is 0.317. The fraction of sp³-hybridized carbons (Fsp3) is 0.474. The second-order valence-corrected chi connectivity index (χ2v) is 6.42. The van der Waals surface area contributed by atoms with E-state index in [0.29, 0.717) is 18.6 Å². The number of rotatable bonds is 5. The van der Waals surface area contributed by atoms with Crippen molar-refractivity contribution in [2.75, 3.05) is 33.3 Å². The Hall–Kier alpha value is -1.77. The number of para-hydroxylation sites is 1. The molecule has 1 fully saturated rings. The molecule has 26 heavy (non-hydrogen) atoms. The van der Waals surface area contributed by atoms with Crippen molar-refractivity contribution >= 4 is 29.9 Å². The van der Waals surface area contributed by atoms with Crippen molar-refractivity contribution in [1.82, 2.24) is 19.8 Å². The van der Waals surface area contributed by atoms with Gasteiger partial charge in [-0.3, -0.25) is 4.99 Å². The van der Waals surface area contributed by atoms with Gasteiger partial charge in [0.05, 0.1) is 18.9 Å². The molecule has 1 N–H and O–H groups in total. The fourth-order valence-corrected chi connectivity index (χ4v) is 3.28. The SMILES string of the molecule is CN=C(NCCOc1ccccc1)N1CCC(C)C(n2ccnc2)C1.I. The number of aromatic nitrogens is 2. The van der Waals surface area contributed by atoms with Crippen LogP contribution in [-0.2, 0) is 0 Å². The lowest BCUT2D eigenvalue weighted by atomic mass is 9.93. The Kier molecular flexibility index (Phi) is 8.21. The molecule has 1 aromatic carbocycles. The number of nitrogens with one attached hydrogen (secondary N) is 1. The average Bonchev–Trinajstić information content (AvgIpc) is 3.18. The van der Waals surface area contributed by atoms with Gasteiger partial charge >= 0.3 is 0 Å². The highest BCUT2D eigenvalue weighted by Gasteiger charge is 2.28. The summed E-state index contributed by atoms with van der Waals surface area (Å²) < 4.78 is 7.95. The average molecular weight is 469 g/mol. The lowest BCUT2D eigenvalue weighted by Crippen LogP contribution is -2.49. The van der Waals surface area contributed by atoms with E-state index < -0.39 is 0 Å². The summed E-state index contributed by atoms with van der Waals surface area (Å²) >= 11 is 0. The highest BCUT2D eigenvalue weighted by Crippen LogP contribution is 2.27. The maximum Gasteiger partial charge on any atom is 0.193 e. The third-order valence-electron chi connectivity index (χ3n) is 4.73. The molecular weight excluding hydrogens is 441 g/mol. The predicted octanol–water partition coefficient (Wildman–Crippen LogP) is 3.04. The summed E-state index contributed by atoms with van der Waals surface area (Å²) in [5.74, 6) is 2.46. The van der Waals surface area contributed by atoms with Crippen molar-refractivity contribution in [3.8, 4) is 5.75 Å². The largest absolute Gasteiger partial charge is 0.492 e. The Morgan fingerprint density at radius 3 is 2.85 bits per heavy atom. The number of imidazole rings is 1. The van der Waals surface area contributed by atoms with Crippen LogP contribution >= 0.6 is 24.0 Å². The summed E-state index contributed by atoms with van der Waals surface area (Å²) in [6.07, 6.45) is 6.95. The van der Waals surface area contributed by atoms with E-state index >= 15 is 0 Å². The number of halogens is 1. The van der Waals surface area contributed by atoms with Crippen LogP contribution in [0.1, 0.15) is 19.4 Å². The molecule has 2 heterocycles. The number of benzene rings is 1. The van der Waals surface area contributed by atoms with E-state index in [4.69, 9.17) is 4.74 Å². The molecule has 2 aromatic rings. The number of aliphatic imine (C=N–C) groups is 1. The summed E-state index contributed by atoms with van der Waals surface area (Å²) in [6.45, 7) is 5.61. The number of ether oxygens (including phenoxy) is 1. The highest BCUT2D eigenvalue weighted by molar-refractivity contribution is 14.0. The topological polar surface area (TPSA) is 54.7 Å². The van der Waals surface area contributed by atoms with Crippen LogP contribution in [0.5, 0.6) is 5.75 Å². The molecule has 1 aromatic heterocycles. The van der Waals surface area contributed by atoms with Gasteiger partial charge in [-0.2, -0.15) is 0 Å². The molecule has 0 saturated carbocycles. The minimum Gasteiger partial charge on any atom is -0.492 e. The molecule has 3 rings (SSSR count). The second kappa shape index (κ2) is 10.4. The molecule has 1 aliphatic heterocycles. The molecule has 142 valence electrons. The van der Waals surface area contributed by atoms with E-state index in [2.05, 4.69) is 37.9 Å². The number of hydrogen-bond donors (Lipinski definition) is 1. The fourth-order valence-electron chi connectivity index (χ4n) is 3.28. The van der Waals surface area contributed by atoms with Gasteiger partial charge in [0.1, 0.15) is 12.4 Å². The summed E-state index contributed by atoms with van der Waals surface area (Å²) in [5.41, 5.74) is 0. The minimum atomic E-state index is 0. The molecule has 0 radical (unpaired) electrons. The summed E-state index contributed by atoms with van der Waals surface area (Å²) in [6, 6.07) is 10.3. The second-order valence-electron chi connectivity index (χ2n) is 6.42. The predicted molar refractivity (Wildman–Crippen MR) is 115 cm³/mol. The van der Waals surface area contributed by atoms with E-state index in [9.17, 15) is 0 Å². The van der Waals surface area contributed by atoms with Gasteiger partial charge in [-0.25, -0.2) is 4.98 Å². The molecule has 0 aliphatic carbocycles. The van der Waals surface area contributed by atoms with Crippen molar-refractivity contribution in [2.45, 2.75) is 19.4 Å². The standard InChI is InChI=1S/C19H27N5O.HI/c1-16-8-11-23(14-18(16)24-12-9-21-15-24)19(20-2)22-10-13-25-17-6-4-3-5-7-17;/h3-7,9,12,15-16,18H,8,10-11,13-14H2,1-2H3,(H,20,22);1H. The van der Waals surface area contributed by atoms with Crippen LogP contribution in [0.25, 0.3) is 0 Å². The monoisotopic (exact) mass is 469 g/mol. The van der Waals surface area contributed by atoms with Gasteiger partial charge in [-0.05, 0) is 24.5 Å². The van der Waals surface area contributed by atoms with Crippen LogP contribution in [0.15, 0.2) is 54.0 Å². The molecule has 1 saturated heterocycles. The maximum absolute atomic E-state index is 5.74. The van der Waals surface area contributed by atoms with Crippen LogP contribution in [0.3, 0.4) is 0 Å². The van der Waals surface area contributed by atoms with Gasteiger partial charge in [0.25, 0.3) is 0 Å². The third kappa shape index (κ3) is 5.36. The van der Waals surface area contributed by atoms with E-state index in [1.54, 1.807) is 0 Å². The molecule has 0 bridgehead atoms. The molecule has 7 heteroatoms. The zero-order chi connectivity index (χ0) is 17.5. The molecular formula is C19H28IN5O. The summed E-state index contributed by atoms with van der Waals surface area (Å²) in [4.78, 5) is 11.0. The smallest absolute Gasteiger partial charge is 0.193 e. The normalized spacial score (nSPS) is 20.4. The molecule has 0 amide bonds. The number of hydrogen-bond acceptors (Lipinski definition) is 3. The maximum atomic E-state index is 5.74. The van der Waals surface area contributed by atoms with Crippen molar-refractivity contribution < 1.29 is 4.74 Å². The minimum absolute atomic E-state index is 0. The number of guanidine groups is 1. The van der Waals surface area contributed by atoms with Crippen molar-refractivity contribution in [1.29, 1.82) is 0 Å².